The fourth-order valence-electron chi connectivity index (χ4n) is 2.29. The van der Waals surface area contributed by atoms with Gasteiger partial charge in [-0.15, -0.1) is 13.2 Å². The quantitative estimate of drug-likeness (QED) is 0.772. The molecule has 1 aliphatic carbocycles. The molecular formula is C15H13F3N2O4. The molecule has 2 aromatic rings. The van der Waals surface area contributed by atoms with Crippen molar-refractivity contribution in [3.8, 4) is 17.1 Å². The van der Waals surface area contributed by atoms with Crippen molar-refractivity contribution in [2.75, 3.05) is 6.61 Å². The van der Waals surface area contributed by atoms with E-state index >= 15 is 0 Å². The van der Waals surface area contributed by atoms with Crippen molar-refractivity contribution in [2.45, 2.75) is 32.0 Å². The van der Waals surface area contributed by atoms with Crippen molar-refractivity contribution in [3.63, 3.8) is 0 Å². The van der Waals surface area contributed by atoms with Gasteiger partial charge in [0.25, 0.3) is 0 Å². The van der Waals surface area contributed by atoms with Crippen LogP contribution in [0.2, 0.25) is 0 Å². The number of hydrogen-bond donors (Lipinski definition) is 0. The summed E-state index contributed by atoms with van der Waals surface area (Å²) in [5.74, 6) is -1.27. The summed E-state index contributed by atoms with van der Waals surface area (Å²) >= 11 is 0. The molecule has 0 atom stereocenters. The molecule has 0 amide bonds. The van der Waals surface area contributed by atoms with Gasteiger partial charge in [0.15, 0.2) is 0 Å². The minimum absolute atomic E-state index is 0.0209. The molecule has 0 bridgehead atoms. The topological polar surface area (TPSA) is 74.5 Å². The van der Waals surface area contributed by atoms with Crippen LogP contribution in [0.4, 0.5) is 13.2 Å². The highest BCUT2D eigenvalue weighted by atomic mass is 19.4. The second kappa shape index (κ2) is 6.14. The van der Waals surface area contributed by atoms with E-state index in [1.807, 2.05) is 0 Å². The average Bonchev–Trinajstić information content (AvgIpc) is 3.22. The van der Waals surface area contributed by atoms with E-state index in [1.165, 1.54) is 12.1 Å². The Bertz CT molecular complexity index is 753. The van der Waals surface area contributed by atoms with Crippen LogP contribution in [-0.4, -0.2) is 29.1 Å². The maximum Gasteiger partial charge on any atom is 0.573 e. The van der Waals surface area contributed by atoms with Crippen LogP contribution in [0, 0.1) is 0 Å². The summed E-state index contributed by atoms with van der Waals surface area (Å²) in [5.41, 5.74) is 1.14. The number of esters is 1. The molecule has 6 nitrogen and oxygen atoms in total. The van der Waals surface area contributed by atoms with Gasteiger partial charge in [-0.1, -0.05) is 11.2 Å². The largest absolute Gasteiger partial charge is 0.573 e. The number of carbonyl (C=O) groups excluding carboxylic acids is 1. The van der Waals surface area contributed by atoms with Crippen molar-refractivity contribution in [3.05, 3.63) is 29.7 Å². The monoisotopic (exact) mass is 342 g/mol. The van der Waals surface area contributed by atoms with Crippen LogP contribution in [0.3, 0.4) is 0 Å². The van der Waals surface area contributed by atoms with Crippen LogP contribution >= 0.6 is 0 Å². The summed E-state index contributed by atoms with van der Waals surface area (Å²) in [5, 5.41) is 3.67. The molecule has 9 heteroatoms. The lowest BCUT2D eigenvalue weighted by Crippen LogP contribution is -2.17. The van der Waals surface area contributed by atoms with E-state index in [-0.39, 0.29) is 30.0 Å². The summed E-state index contributed by atoms with van der Waals surface area (Å²) < 4.78 is 50.7. The van der Waals surface area contributed by atoms with Crippen LogP contribution in [-0.2, 0) is 4.74 Å². The minimum Gasteiger partial charge on any atom is -0.459 e. The van der Waals surface area contributed by atoms with E-state index in [9.17, 15) is 18.0 Å². The molecule has 0 saturated heterocycles. The standard InChI is InChI=1S/C15H13F3N2O4/c1-2-22-14(21)13-19-12(20-24-13)11-7-9(23-15(16,17)18)5-6-10(11)8-3-4-8/h5-8H,2-4H2,1H3. The zero-order valence-electron chi connectivity index (χ0n) is 12.6. The Morgan fingerprint density at radius 2 is 2.12 bits per heavy atom. The van der Waals surface area contributed by atoms with Gasteiger partial charge < -0.3 is 14.0 Å². The molecule has 3 rings (SSSR count). The van der Waals surface area contributed by atoms with Crippen LogP contribution in [0.5, 0.6) is 5.75 Å². The second-order valence-corrected chi connectivity index (χ2v) is 5.21. The van der Waals surface area contributed by atoms with Crippen molar-refractivity contribution in [1.82, 2.24) is 10.1 Å². The fraction of sp³-hybridized carbons (Fsp3) is 0.400. The third-order valence-corrected chi connectivity index (χ3v) is 3.39. The van der Waals surface area contributed by atoms with Gasteiger partial charge in [-0.3, -0.25) is 0 Å². The number of benzene rings is 1. The van der Waals surface area contributed by atoms with E-state index < -0.39 is 12.3 Å². The maximum atomic E-state index is 12.4. The lowest BCUT2D eigenvalue weighted by molar-refractivity contribution is -0.274. The van der Waals surface area contributed by atoms with Crippen LogP contribution in [0.15, 0.2) is 22.7 Å². The number of hydrogen-bond acceptors (Lipinski definition) is 6. The number of alkyl halides is 3. The Morgan fingerprint density at radius 3 is 2.75 bits per heavy atom. The molecule has 1 aromatic heterocycles. The first-order valence-electron chi connectivity index (χ1n) is 7.28. The lowest BCUT2D eigenvalue weighted by atomic mass is 10.0. The highest BCUT2D eigenvalue weighted by Crippen LogP contribution is 2.45. The van der Waals surface area contributed by atoms with Gasteiger partial charge in [0, 0.05) is 5.56 Å². The van der Waals surface area contributed by atoms with Gasteiger partial charge in [-0.25, -0.2) is 4.79 Å². The number of nitrogens with zero attached hydrogens (tertiary/aromatic N) is 2. The molecule has 1 aliphatic rings. The van der Waals surface area contributed by atoms with E-state index in [4.69, 9.17) is 9.26 Å². The SMILES string of the molecule is CCOC(=O)c1nc(-c2cc(OC(F)(F)F)ccc2C2CC2)no1. The van der Waals surface area contributed by atoms with Gasteiger partial charge in [0.05, 0.1) is 6.61 Å². The first-order valence-corrected chi connectivity index (χ1v) is 7.28. The summed E-state index contributed by atoms with van der Waals surface area (Å²) in [7, 11) is 0. The number of carbonyl (C=O) groups is 1. The lowest BCUT2D eigenvalue weighted by Gasteiger charge is -2.11. The molecule has 1 fully saturated rings. The summed E-state index contributed by atoms with van der Waals surface area (Å²) in [6, 6.07) is 3.99. The van der Waals surface area contributed by atoms with E-state index in [0.29, 0.717) is 5.56 Å². The predicted octanol–water partition coefficient (Wildman–Crippen LogP) is 3.69. The van der Waals surface area contributed by atoms with E-state index in [0.717, 1.165) is 18.4 Å². The summed E-state index contributed by atoms with van der Waals surface area (Å²) in [4.78, 5) is 15.5. The Balaban J connectivity index is 1.95. The maximum absolute atomic E-state index is 12.4. The normalized spacial score (nSPS) is 14.5. The first-order chi connectivity index (χ1) is 11.4. The molecule has 0 spiro atoms. The molecule has 1 aromatic carbocycles. The number of ether oxygens (including phenoxy) is 2. The zero-order chi connectivity index (χ0) is 17.3. The Morgan fingerprint density at radius 1 is 1.38 bits per heavy atom. The second-order valence-electron chi connectivity index (χ2n) is 5.21. The van der Waals surface area contributed by atoms with Gasteiger partial charge in [0.2, 0.25) is 5.82 Å². The molecular weight excluding hydrogens is 329 g/mol. The molecule has 1 saturated carbocycles. The summed E-state index contributed by atoms with van der Waals surface area (Å²) in [6.07, 6.45) is -2.95. The number of aromatic nitrogens is 2. The predicted molar refractivity (Wildman–Crippen MR) is 74.3 cm³/mol. The highest BCUT2D eigenvalue weighted by molar-refractivity contribution is 5.84. The van der Waals surface area contributed by atoms with E-state index in [2.05, 4.69) is 14.9 Å². The van der Waals surface area contributed by atoms with Crippen LogP contribution in [0.25, 0.3) is 11.4 Å². The van der Waals surface area contributed by atoms with Gasteiger partial charge in [-0.05, 0) is 43.4 Å². The fourth-order valence-corrected chi connectivity index (χ4v) is 2.29. The molecule has 128 valence electrons. The molecule has 0 radical (unpaired) electrons. The van der Waals surface area contributed by atoms with Gasteiger partial charge in [-0.2, -0.15) is 4.98 Å². The summed E-state index contributed by atoms with van der Waals surface area (Å²) in [6.45, 7) is 1.76. The molecule has 0 N–H and O–H groups in total. The highest BCUT2D eigenvalue weighted by Gasteiger charge is 2.33. The molecule has 24 heavy (non-hydrogen) atoms. The van der Waals surface area contributed by atoms with Crippen LogP contribution < -0.4 is 4.74 Å². The Hall–Kier alpha value is -2.58. The molecule has 1 heterocycles. The van der Waals surface area contributed by atoms with Crippen LogP contribution in [0.1, 0.15) is 41.9 Å². The van der Waals surface area contributed by atoms with Gasteiger partial charge >= 0.3 is 18.2 Å². The zero-order valence-corrected chi connectivity index (χ0v) is 12.6. The van der Waals surface area contributed by atoms with Crippen molar-refractivity contribution in [2.24, 2.45) is 0 Å². The van der Waals surface area contributed by atoms with Crippen molar-refractivity contribution < 1.29 is 32.0 Å². The minimum atomic E-state index is -4.80. The third-order valence-electron chi connectivity index (χ3n) is 3.39. The average molecular weight is 342 g/mol. The Labute approximate surface area is 134 Å². The number of rotatable bonds is 5. The van der Waals surface area contributed by atoms with E-state index in [1.54, 1.807) is 13.0 Å². The van der Waals surface area contributed by atoms with Gasteiger partial charge in [0.1, 0.15) is 5.75 Å². The first kappa shape index (κ1) is 16.3. The van der Waals surface area contributed by atoms with Crippen molar-refractivity contribution >= 4 is 5.97 Å². The molecule has 0 unspecified atom stereocenters. The van der Waals surface area contributed by atoms with Crippen molar-refractivity contribution in [1.29, 1.82) is 0 Å². The molecule has 0 aliphatic heterocycles. The Kier molecular flexibility index (Phi) is 4.16. The smallest absolute Gasteiger partial charge is 0.459 e. The number of halogens is 3. The third kappa shape index (κ3) is 3.66.